The minimum absolute atomic E-state index is 0.341. The second-order valence-corrected chi connectivity index (χ2v) is 4.51. The van der Waals surface area contributed by atoms with Gasteiger partial charge in [-0.1, -0.05) is 6.92 Å². The average molecular weight is 249 g/mol. The van der Waals surface area contributed by atoms with Crippen molar-refractivity contribution in [2.45, 2.75) is 26.3 Å². The van der Waals surface area contributed by atoms with E-state index in [1.54, 1.807) is 6.07 Å². The van der Waals surface area contributed by atoms with Gasteiger partial charge in [0.1, 0.15) is 5.82 Å². The summed E-state index contributed by atoms with van der Waals surface area (Å²) in [5, 5.41) is 11.9. The van der Waals surface area contributed by atoms with Gasteiger partial charge in [0.05, 0.1) is 11.6 Å². The third-order valence-corrected chi connectivity index (χ3v) is 3.16. The Labute approximate surface area is 108 Å². The van der Waals surface area contributed by atoms with Gasteiger partial charge >= 0.3 is 0 Å². The molecular weight excluding hydrogens is 229 g/mol. The van der Waals surface area contributed by atoms with Crippen LogP contribution in [0.2, 0.25) is 0 Å². The normalized spacial score (nSPS) is 12.2. The standard InChI is InChI=1S/C14H20FN3/c1-4-11(2)18(3)6-5-17-14-8-12(10-16)7-13(15)9-14/h7-9,11,17H,4-6H2,1-3H3. The van der Waals surface area contributed by atoms with Gasteiger partial charge < -0.3 is 10.2 Å². The minimum atomic E-state index is -0.383. The Kier molecular flexibility index (Phi) is 5.60. The summed E-state index contributed by atoms with van der Waals surface area (Å²) in [6, 6.07) is 6.78. The van der Waals surface area contributed by atoms with Crippen molar-refractivity contribution in [2.24, 2.45) is 0 Å². The molecule has 0 radical (unpaired) electrons. The second kappa shape index (κ2) is 6.97. The molecule has 0 fully saturated rings. The predicted octanol–water partition coefficient (Wildman–Crippen LogP) is 2.84. The van der Waals surface area contributed by atoms with E-state index < -0.39 is 0 Å². The Morgan fingerprint density at radius 1 is 1.44 bits per heavy atom. The lowest BCUT2D eigenvalue weighted by molar-refractivity contribution is 0.261. The first kappa shape index (κ1) is 14.5. The molecule has 1 rings (SSSR count). The molecule has 0 aromatic heterocycles. The van der Waals surface area contributed by atoms with E-state index in [2.05, 4.69) is 31.1 Å². The van der Waals surface area contributed by atoms with Gasteiger partial charge in [0.2, 0.25) is 0 Å². The van der Waals surface area contributed by atoms with Crippen LogP contribution >= 0.6 is 0 Å². The number of hydrogen-bond donors (Lipinski definition) is 1. The summed E-state index contributed by atoms with van der Waals surface area (Å²) in [5.74, 6) is -0.383. The highest BCUT2D eigenvalue weighted by Gasteiger charge is 2.06. The fraction of sp³-hybridized carbons (Fsp3) is 0.500. The first-order valence-corrected chi connectivity index (χ1v) is 6.21. The van der Waals surface area contributed by atoms with Crippen LogP contribution in [0.3, 0.4) is 0 Å². The average Bonchev–Trinajstić information content (AvgIpc) is 2.36. The monoisotopic (exact) mass is 249 g/mol. The van der Waals surface area contributed by atoms with E-state index in [1.807, 2.05) is 6.07 Å². The molecule has 18 heavy (non-hydrogen) atoms. The SMILES string of the molecule is CCC(C)N(C)CCNc1cc(F)cc(C#N)c1. The van der Waals surface area contributed by atoms with Crippen LogP contribution in [0.5, 0.6) is 0 Å². The molecule has 1 atom stereocenters. The Morgan fingerprint density at radius 3 is 2.78 bits per heavy atom. The van der Waals surface area contributed by atoms with Crippen LogP contribution in [0.25, 0.3) is 0 Å². The van der Waals surface area contributed by atoms with E-state index in [0.29, 0.717) is 17.3 Å². The number of rotatable bonds is 6. The number of nitrogens with zero attached hydrogens (tertiary/aromatic N) is 2. The van der Waals surface area contributed by atoms with Crippen LogP contribution in [-0.2, 0) is 0 Å². The molecule has 1 N–H and O–H groups in total. The third kappa shape index (κ3) is 4.34. The number of nitrogens with one attached hydrogen (secondary N) is 1. The van der Waals surface area contributed by atoms with Gasteiger partial charge in [0.25, 0.3) is 0 Å². The van der Waals surface area contributed by atoms with E-state index in [9.17, 15) is 4.39 Å². The van der Waals surface area contributed by atoms with Gasteiger partial charge in [-0.25, -0.2) is 4.39 Å². The highest BCUT2D eigenvalue weighted by atomic mass is 19.1. The van der Waals surface area contributed by atoms with Crippen molar-refractivity contribution < 1.29 is 4.39 Å². The van der Waals surface area contributed by atoms with Gasteiger partial charge in [-0.3, -0.25) is 0 Å². The van der Waals surface area contributed by atoms with Gasteiger partial charge in [0.15, 0.2) is 0 Å². The first-order valence-electron chi connectivity index (χ1n) is 6.21. The molecule has 0 amide bonds. The van der Waals surface area contributed by atoms with Crippen molar-refractivity contribution in [2.75, 3.05) is 25.5 Å². The molecule has 3 nitrogen and oxygen atoms in total. The third-order valence-electron chi connectivity index (χ3n) is 3.16. The van der Waals surface area contributed by atoms with E-state index in [1.165, 1.54) is 12.1 Å². The molecule has 0 spiro atoms. The molecule has 0 aliphatic carbocycles. The lowest BCUT2D eigenvalue weighted by Crippen LogP contribution is -2.32. The van der Waals surface area contributed by atoms with Gasteiger partial charge in [-0.2, -0.15) is 5.26 Å². The molecule has 98 valence electrons. The molecule has 0 aliphatic heterocycles. The maximum Gasteiger partial charge on any atom is 0.126 e. The van der Waals surface area contributed by atoms with Crippen LogP contribution in [0.4, 0.5) is 10.1 Å². The molecule has 0 bridgehead atoms. The molecule has 1 unspecified atom stereocenters. The van der Waals surface area contributed by atoms with Crippen molar-refractivity contribution >= 4 is 5.69 Å². The maximum absolute atomic E-state index is 13.2. The zero-order valence-electron chi connectivity index (χ0n) is 11.2. The number of halogens is 1. The van der Waals surface area contributed by atoms with Crippen molar-refractivity contribution in [3.8, 4) is 6.07 Å². The van der Waals surface area contributed by atoms with Gasteiger partial charge in [0, 0.05) is 24.8 Å². The second-order valence-electron chi connectivity index (χ2n) is 4.51. The summed E-state index contributed by atoms with van der Waals surface area (Å²) in [5.41, 5.74) is 0.997. The summed E-state index contributed by atoms with van der Waals surface area (Å²) in [6.45, 7) is 5.94. The van der Waals surface area contributed by atoms with Crippen molar-refractivity contribution in [1.29, 1.82) is 5.26 Å². The number of nitriles is 1. The lowest BCUT2D eigenvalue weighted by atomic mass is 10.2. The Balaban J connectivity index is 2.49. The van der Waals surface area contributed by atoms with Gasteiger partial charge in [-0.15, -0.1) is 0 Å². The summed E-state index contributed by atoms with van der Waals surface area (Å²) in [7, 11) is 2.07. The van der Waals surface area contributed by atoms with E-state index >= 15 is 0 Å². The summed E-state index contributed by atoms with van der Waals surface area (Å²) in [4.78, 5) is 2.25. The number of anilines is 1. The van der Waals surface area contributed by atoms with Crippen LogP contribution in [0, 0.1) is 17.1 Å². The molecule has 1 aromatic carbocycles. The van der Waals surface area contributed by atoms with Crippen molar-refractivity contribution in [3.63, 3.8) is 0 Å². The molecule has 0 heterocycles. The fourth-order valence-electron chi connectivity index (χ4n) is 1.66. The number of benzene rings is 1. The molecule has 1 aromatic rings. The zero-order chi connectivity index (χ0) is 13.5. The summed E-state index contributed by atoms with van der Waals surface area (Å²) in [6.07, 6.45) is 1.11. The summed E-state index contributed by atoms with van der Waals surface area (Å²) < 4.78 is 13.2. The maximum atomic E-state index is 13.2. The molecule has 4 heteroatoms. The largest absolute Gasteiger partial charge is 0.384 e. The van der Waals surface area contributed by atoms with E-state index in [4.69, 9.17) is 5.26 Å². The highest BCUT2D eigenvalue weighted by Crippen LogP contribution is 2.13. The highest BCUT2D eigenvalue weighted by molar-refractivity contribution is 5.49. The molecule has 0 saturated heterocycles. The summed E-state index contributed by atoms with van der Waals surface area (Å²) >= 11 is 0. The van der Waals surface area contributed by atoms with Crippen LogP contribution < -0.4 is 5.32 Å². The smallest absolute Gasteiger partial charge is 0.126 e. The number of likely N-dealkylation sites (N-methyl/N-ethyl adjacent to an activating group) is 1. The minimum Gasteiger partial charge on any atom is -0.384 e. The molecular formula is C14H20FN3. The topological polar surface area (TPSA) is 39.1 Å². The Hall–Kier alpha value is -1.60. The van der Waals surface area contributed by atoms with Crippen LogP contribution in [-0.4, -0.2) is 31.1 Å². The Morgan fingerprint density at radius 2 is 2.17 bits per heavy atom. The van der Waals surface area contributed by atoms with Crippen molar-refractivity contribution in [3.05, 3.63) is 29.6 Å². The Bertz CT molecular complexity index is 426. The van der Waals surface area contributed by atoms with Crippen molar-refractivity contribution in [1.82, 2.24) is 4.90 Å². The number of hydrogen-bond acceptors (Lipinski definition) is 3. The molecule has 0 saturated carbocycles. The van der Waals surface area contributed by atoms with E-state index in [-0.39, 0.29) is 5.82 Å². The van der Waals surface area contributed by atoms with E-state index in [0.717, 1.165) is 19.5 Å². The van der Waals surface area contributed by atoms with Gasteiger partial charge in [-0.05, 0) is 38.6 Å². The molecule has 0 aliphatic rings. The fourth-order valence-corrected chi connectivity index (χ4v) is 1.66. The lowest BCUT2D eigenvalue weighted by Gasteiger charge is -2.23. The van der Waals surface area contributed by atoms with Crippen LogP contribution in [0.1, 0.15) is 25.8 Å². The quantitative estimate of drug-likeness (QED) is 0.842. The van der Waals surface area contributed by atoms with Crippen LogP contribution in [0.15, 0.2) is 18.2 Å². The zero-order valence-corrected chi connectivity index (χ0v) is 11.2. The predicted molar refractivity (Wildman–Crippen MR) is 72.0 cm³/mol. The first-order chi connectivity index (χ1) is 8.56.